The summed E-state index contributed by atoms with van der Waals surface area (Å²) in [5, 5.41) is 27.6. The number of benzene rings is 2. The van der Waals surface area contributed by atoms with Gasteiger partial charge in [0.15, 0.2) is 5.11 Å². The molecule has 5 atom stereocenters. The monoisotopic (exact) mass is 425 g/mol. The number of para-hydroxylation sites is 1. The van der Waals surface area contributed by atoms with Gasteiger partial charge in [0.2, 0.25) is 5.91 Å². The molecule has 158 valence electrons. The molecule has 30 heavy (non-hydrogen) atoms. The van der Waals surface area contributed by atoms with Crippen molar-refractivity contribution in [2.45, 2.75) is 50.5 Å². The summed E-state index contributed by atoms with van der Waals surface area (Å²) in [5.74, 6) is -0.338. The Morgan fingerprint density at radius 1 is 1.13 bits per heavy atom. The Bertz CT molecular complexity index is 919. The van der Waals surface area contributed by atoms with E-state index in [0.29, 0.717) is 16.7 Å². The van der Waals surface area contributed by atoms with E-state index in [1.54, 1.807) is 0 Å². The highest BCUT2D eigenvalue weighted by Gasteiger charge is 2.53. The van der Waals surface area contributed by atoms with Crippen LogP contribution in [0.5, 0.6) is 0 Å². The van der Waals surface area contributed by atoms with E-state index >= 15 is 0 Å². The van der Waals surface area contributed by atoms with Crippen LogP contribution in [0.4, 0.5) is 11.4 Å². The summed E-state index contributed by atoms with van der Waals surface area (Å²) in [6.07, 6.45) is -1.85. The molecular weight excluding hydrogens is 398 g/mol. The van der Waals surface area contributed by atoms with Crippen molar-refractivity contribution >= 4 is 34.6 Å². The minimum Gasteiger partial charge on any atom is -0.390 e. The molecule has 1 aliphatic carbocycles. The molecular formula is C23H27N3O3S. The summed E-state index contributed by atoms with van der Waals surface area (Å²) in [6, 6.07) is 16.4. The maximum Gasteiger partial charge on any atom is 0.229 e. The molecule has 2 aromatic carbocycles. The molecule has 0 radical (unpaired) electrons. The normalized spacial score (nSPS) is 28.2. The van der Waals surface area contributed by atoms with Crippen LogP contribution < -0.4 is 15.5 Å². The number of aliphatic hydroxyl groups excluding tert-OH is 2. The molecule has 0 bridgehead atoms. The number of anilines is 2. The van der Waals surface area contributed by atoms with Gasteiger partial charge < -0.3 is 25.7 Å². The number of carbonyl (C=O) groups is 1. The maximum atomic E-state index is 13.2. The highest BCUT2D eigenvalue weighted by molar-refractivity contribution is 7.80. The number of hydrogen-bond donors (Lipinski definition) is 4. The second kappa shape index (κ2) is 8.34. The second-order valence-corrected chi connectivity index (χ2v) is 8.72. The summed E-state index contributed by atoms with van der Waals surface area (Å²) in [4.78, 5) is 15.1. The Balaban J connectivity index is 1.66. The first-order valence-corrected chi connectivity index (χ1v) is 10.7. The zero-order chi connectivity index (χ0) is 21.4. The van der Waals surface area contributed by atoms with Crippen LogP contribution in [0.2, 0.25) is 0 Å². The summed E-state index contributed by atoms with van der Waals surface area (Å²) >= 11 is 5.57. The maximum absolute atomic E-state index is 13.2. The van der Waals surface area contributed by atoms with Crippen LogP contribution in [0.3, 0.4) is 0 Å². The van der Waals surface area contributed by atoms with E-state index < -0.39 is 30.2 Å². The number of aliphatic hydroxyl groups is 2. The van der Waals surface area contributed by atoms with Gasteiger partial charge in [-0.25, -0.2) is 0 Å². The first-order chi connectivity index (χ1) is 14.4. The van der Waals surface area contributed by atoms with Crippen molar-refractivity contribution in [1.29, 1.82) is 0 Å². The summed E-state index contributed by atoms with van der Waals surface area (Å²) in [5.41, 5.74) is 2.78. The molecule has 2 aromatic rings. The molecule has 1 saturated heterocycles. The van der Waals surface area contributed by atoms with Crippen molar-refractivity contribution in [3.8, 4) is 0 Å². The zero-order valence-corrected chi connectivity index (χ0v) is 17.8. The van der Waals surface area contributed by atoms with E-state index in [2.05, 4.69) is 36.6 Å². The Hall–Kier alpha value is -2.48. The minimum absolute atomic E-state index is 0.159. The van der Waals surface area contributed by atoms with Gasteiger partial charge in [-0.1, -0.05) is 44.2 Å². The van der Waals surface area contributed by atoms with E-state index in [9.17, 15) is 15.0 Å². The number of rotatable bonds is 4. The number of nitrogens with zero attached hydrogens (tertiary/aromatic N) is 1. The lowest BCUT2D eigenvalue weighted by Gasteiger charge is -2.41. The predicted octanol–water partition coefficient (Wildman–Crippen LogP) is 2.62. The standard InChI is InChI=1S/C23H27N3O3S/c1-13(2)14-8-10-16(11-9-14)26-20-17(22(29)24-15-6-4-3-5-7-15)12-18(27)21(28)19(20)25-23(26)30/h3-11,13,17-21,27-28H,12H2,1-2H3,(H,24,29)(H,25,30)/t17-,18-,19-,20+,21+/m1/s1. The molecule has 1 saturated carbocycles. The first-order valence-electron chi connectivity index (χ1n) is 10.3. The molecule has 7 heteroatoms. The van der Waals surface area contributed by atoms with Crippen molar-refractivity contribution in [3.63, 3.8) is 0 Å². The third-order valence-corrected chi connectivity index (χ3v) is 6.38. The number of nitrogens with one attached hydrogen (secondary N) is 2. The van der Waals surface area contributed by atoms with Crippen LogP contribution >= 0.6 is 12.2 Å². The smallest absolute Gasteiger partial charge is 0.229 e. The van der Waals surface area contributed by atoms with Crippen LogP contribution in [0.25, 0.3) is 0 Å². The van der Waals surface area contributed by atoms with Gasteiger partial charge in [0.25, 0.3) is 0 Å². The summed E-state index contributed by atoms with van der Waals surface area (Å²) in [7, 11) is 0. The molecule has 1 aliphatic heterocycles. The van der Waals surface area contributed by atoms with Crippen molar-refractivity contribution in [2.24, 2.45) is 5.92 Å². The van der Waals surface area contributed by atoms with Gasteiger partial charge in [-0.15, -0.1) is 0 Å². The van der Waals surface area contributed by atoms with E-state index in [1.807, 2.05) is 47.4 Å². The summed E-state index contributed by atoms with van der Waals surface area (Å²) < 4.78 is 0. The average molecular weight is 426 g/mol. The summed E-state index contributed by atoms with van der Waals surface area (Å²) in [6.45, 7) is 4.27. The van der Waals surface area contributed by atoms with Gasteiger partial charge in [-0.05, 0) is 54.4 Å². The molecule has 2 fully saturated rings. The average Bonchev–Trinajstić information content (AvgIpc) is 3.08. The zero-order valence-electron chi connectivity index (χ0n) is 17.0. The van der Waals surface area contributed by atoms with Crippen LogP contribution in [0, 0.1) is 5.92 Å². The predicted molar refractivity (Wildman–Crippen MR) is 122 cm³/mol. The largest absolute Gasteiger partial charge is 0.390 e. The third kappa shape index (κ3) is 3.80. The number of fused-ring (bicyclic) bond motifs is 1. The molecule has 2 aliphatic rings. The lowest BCUT2D eigenvalue weighted by atomic mass is 9.77. The molecule has 1 amide bonds. The molecule has 4 N–H and O–H groups in total. The number of amides is 1. The molecule has 6 nitrogen and oxygen atoms in total. The Kier molecular flexibility index (Phi) is 5.77. The van der Waals surface area contributed by atoms with Crippen molar-refractivity contribution in [2.75, 3.05) is 10.2 Å². The van der Waals surface area contributed by atoms with Gasteiger partial charge in [0.1, 0.15) is 6.10 Å². The van der Waals surface area contributed by atoms with E-state index in [-0.39, 0.29) is 12.3 Å². The first kappa shape index (κ1) is 20.8. The minimum atomic E-state index is -1.01. The SMILES string of the molecule is CC(C)c1ccc(N2C(=S)N[C@H]3[C@@H](O)[C@H](O)C[C@@H](C(=O)Nc4ccccc4)[C@@H]32)cc1. The molecule has 0 aromatic heterocycles. The molecule has 1 heterocycles. The second-order valence-electron chi connectivity index (χ2n) is 8.34. The van der Waals surface area contributed by atoms with E-state index in [4.69, 9.17) is 12.2 Å². The van der Waals surface area contributed by atoms with Crippen LogP contribution in [0.1, 0.15) is 31.7 Å². The topological polar surface area (TPSA) is 84.8 Å². The Labute approximate surface area is 181 Å². The lowest BCUT2D eigenvalue weighted by molar-refractivity contribution is -0.126. The molecule has 0 spiro atoms. The Morgan fingerprint density at radius 3 is 2.43 bits per heavy atom. The highest BCUT2D eigenvalue weighted by Crippen LogP contribution is 2.37. The van der Waals surface area contributed by atoms with Crippen molar-refractivity contribution < 1.29 is 15.0 Å². The van der Waals surface area contributed by atoms with Crippen LogP contribution in [0.15, 0.2) is 54.6 Å². The molecule has 0 unspecified atom stereocenters. The highest BCUT2D eigenvalue weighted by atomic mass is 32.1. The third-order valence-electron chi connectivity index (χ3n) is 6.06. The number of thiocarbonyl (C=S) groups is 1. The van der Waals surface area contributed by atoms with Gasteiger partial charge >= 0.3 is 0 Å². The van der Waals surface area contributed by atoms with E-state index in [0.717, 1.165) is 5.69 Å². The van der Waals surface area contributed by atoms with Gasteiger partial charge in [0, 0.05) is 11.4 Å². The fourth-order valence-electron chi connectivity index (χ4n) is 4.42. The fourth-order valence-corrected chi connectivity index (χ4v) is 4.78. The van der Waals surface area contributed by atoms with Crippen LogP contribution in [-0.4, -0.2) is 45.5 Å². The lowest BCUT2D eigenvalue weighted by Crippen LogP contribution is -2.60. The van der Waals surface area contributed by atoms with E-state index in [1.165, 1.54) is 5.56 Å². The number of carbonyl (C=O) groups excluding carboxylic acids is 1. The fraction of sp³-hybridized carbons (Fsp3) is 0.391. The molecule has 4 rings (SSSR count). The Morgan fingerprint density at radius 2 is 1.80 bits per heavy atom. The van der Waals surface area contributed by atoms with Gasteiger partial charge in [-0.2, -0.15) is 0 Å². The van der Waals surface area contributed by atoms with Crippen LogP contribution in [-0.2, 0) is 4.79 Å². The van der Waals surface area contributed by atoms with Crippen molar-refractivity contribution in [3.05, 3.63) is 60.2 Å². The quantitative estimate of drug-likeness (QED) is 0.564. The number of hydrogen-bond acceptors (Lipinski definition) is 4. The van der Waals surface area contributed by atoms with Gasteiger partial charge in [-0.3, -0.25) is 4.79 Å². The van der Waals surface area contributed by atoms with Gasteiger partial charge in [0.05, 0.1) is 24.1 Å². The van der Waals surface area contributed by atoms with Crippen molar-refractivity contribution in [1.82, 2.24) is 5.32 Å².